The van der Waals surface area contributed by atoms with Gasteiger partial charge in [0.1, 0.15) is 6.29 Å². The van der Waals surface area contributed by atoms with Crippen molar-refractivity contribution < 1.29 is 4.79 Å². The summed E-state index contributed by atoms with van der Waals surface area (Å²) >= 11 is 6.05. The summed E-state index contributed by atoms with van der Waals surface area (Å²) in [6, 6.07) is 0. The van der Waals surface area contributed by atoms with Gasteiger partial charge in [0.2, 0.25) is 0 Å². The summed E-state index contributed by atoms with van der Waals surface area (Å²) in [5.41, 5.74) is 1.02. The number of carbonyl (C=O) groups is 1. The first-order valence-electron chi connectivity index (χ1n) is 4.85. The lowest BCUT2D eigenvalue weighted by molar-refractivity contribution is -0.108. The van der Waals surface area contributed by atoms with Crippen LogP contribution in [0.4, 0.5) is 0 Å². The number of carbonyl (C=O) groups excluding carboxylic acids is 1. The Bertz CT molecular complexity index is 324. The smallest absolute Gasteiger partial charge is 0.120 e. The van der Waals surface area contributed by atoms with Gasteiger partial charge in [0.15, 0.2) is 0 Å². The maximum atomic E-state index is 10.6. The standard InChI is InChI=1S/C10H13ClN2O/c1-13-10(9(11)6-12-13)8(4-5-14)7-2-3-7/h5-8H,2-4H2,1H3. The number of nitrogens with zero attached hydrogens (tertiary/aromatic N) is 2. The molecule has 0 amide bonds. The predicted octanol–water partition coefficient (Wildman–Crippen LogP) is 2.16. The average Bonchev–Trinajstić information content (AvgIpc) is 2.92. The maximum Gasteiger partial charge on any atom is 0.120 e. The van der Waals surface area contributed by atoms with Gasteiger partial charge < -0.3 is 4.79 Å². The summed E-state index contributed by atoms with van der Waals surface area (Å²) in [5, 5.41) is 4.78. The first kappa shape index (κ1) is 9.71. The Balaban J connectivity index is 2.28. The first-order valence-corrected chi connectivity index (χ1v) is 5.23. The van der Waals surface area contributed by atoms with Crippen LogP contribution >= 0.6 is 11.6 Å². The van der Waals surface area contributed by atoms with E-state index in [-0.39, 0.29) is 5.92 Å². The molecule has 0 spiro atoms. The fourth-order valence-electron chi connectivity index (χ4n) is 1.97. The molecule has 4 heteroatoms. The fraction of sp³-hybridized carbons (Fsp3) is 0.600. The van der Waals surface area contributed by atoms with Gasteiger partial charge in [-0.05, 0) is 18.8 Å². The van der Waals surface area contributed by atoms with Gasteiger partial charge in [0.05, 0.1) is 16.9 Å². The molecule has 0 N–H and O–H groups in total. The van der Waals surface area contributed by atoms with E-state index in [9.17, 15) is 4.79 Å². The van der Waals surface area contributed by atoms with E-state index < -0.39 is 0 Å². The molecular formula is C10H13ClN2O. The molecule has 0 bridgehead atoms. The van der Waals surface area contributed by atoms with Gasteiger partial charge in [-0.25, -0.2) is 0 Å². The Hall–Kier alpha value is -0.830. The van der Waals surface area contributed by atoms with Crippen molar-refractivity contribution in [2.75, 3.05) is 0 Å². The highest BCUT2D eigenvalue weighted by molar-refractivity contribution is 6.31. The topological polar surface area (TPSA) is 34.9 Å². The van der Waals surface area contributed by atoms with Crippen molar-refractivity contribution in [3.8, 4) is 0 Å². The number of aldehydes is 1. The summed E-state index contributed by atoms with van der Waals surface area (Å²) in [4.78, 5) is 10.6. The summed E-state index contributed by atoms with van der Waals surface area (Å²) in [6.07, 6.45) is 5.60. The van der Waals surface area contributed by atoms with Crippen LogP contribution in [0.1, 0.15) is 30.9 Å². The summed E-state index contributed by atoms with van der Waals surface area (Å²) in [6.45, 7) is 0. The van der Waals surface area contributed by atoms with Gasteiger partial charge in [-0.3, -0.25) is 4.68 Å². The second-order valence-electron chi connectivity index (χ2n) is 3.85. The Morgan fingerprint density at radius 2 is 2.50 bits per heavy atom. The molecule has 0 aromatic carbocycles. The third kappa shape index (κ3) is 1.69. The van der Waals surface area contributed by atoms with Crippen LogP contribution in [0.2, 0.25) is 5.02 Å². The van der Waals surface area contributed by atoms with Crippen molar-refractivity contribution in [1.82, 2.24) is 9.78 Å². The number of hydrogen-bond acceptors (Lipinski definition) is 2. The lowest BCUT2D eigenvalue weighted by atomic mass is 9.96. The van der Waals surface area contributed by atoms with Gasteiger partial charge in [-0.1, -0.05) is 11.6 Å². The van der Waals surface area contributed by atoms with Crippen LogP contribution in [-0.2, 0) is 11.8 Å². The normalized spacial score (nSPS) is 18.1. The van der Waals surface area contributed by atoms with Gasteiger partial charge in [0, 0.05) is 19.4 Å². The molecule has 3 nitrogen and oxygen atoms in total. The molecule has 76 valence electrons. The molecule has 14 heavy (non-hydrogen) atoms. The van der Waals surface area contributed by atoms with E-state index in [0.717, 1.165) is 12.0 Å². The Morgan fingerprint density at radius 3 is 2.93 bits per heavy atom. The van der Waals surface area contributed by atoms with Gasteiger partial charge in [0.25, 0.3) is 0 Å². The quantitative estimate of drug-likeness (QED) is 0.717. The van der Waals surface area contributed by atoms with Crippen molar-refractivity contribution in [2.24, 2.45) is 13.0 Å². The van der Waals surface area contributed by atoms with Crippen molar-refractivity contribution in [1.29, 1.82) is 0 Å². The van der Waals surface area contributed by atoms with Gasteiger partial charge >= 0.3 is 0 Å². The fourth-order valence-corrected chi connectivity index (χ4v) is 2.27. The molecule has 1 heterocycles. The molecule has 0 radical (unpaired) electrons. The van der Waals surface area contributed by atoms with E-state index in [1.165, 1.54) is 12.8 Å². The zero-order valence-electron chi connectivity index (χ0n) is 8.11. The number of rotatable bonds is 4. The van der Waals surface area contributed by atoms with E-state index in [2.05, 4.69) is 5.10 Å². The average molecular weight is 213 g/mol. The van der Waals surface area contributed by atoms with Crippen molar-refractivity contribution >= 4 is 17.9 Å². The molecule has 2 rings (SSSR count). The lowest BCUT2D eigenvalue weighted by Crippen LogP contribution is -2.09. The Morgan fingerprint density at radius 1 is 1.79 bits per heavy atom. The third-order valence-corrected chi connectivity index (χ3v) is 3.12. The van der Waals surface area contributed by atoms with Crippen molar-refractivity contribution in [2.45, 2.75) is 25.2 Å². The molecule has 1 aromatic heterocycles. The lowest BCUT2D eigenvalue weighted by Gasteiger charge is -2.13. The number of halogens is 1. The van der Waals surface area contributed by atoms with Crippen LogP contribution in [-0.4, -0.2) is 16.1 Å². The molecule has 1 aliphatic rings. The van der Waals surface area contributed by atoms with Crippen LogP contribution < -0.4 is 0 Å². The summed E-state index contributed by atoms with van der Waals surface area (Å²) in [7, 11) is 1.88. The predicted molar refractivity (Wildman–Crippen MR) is 54.4 cm³/mol. The number of hydrogen-bond donors (Lipinski definition) is 0. The van der Waals surface area contributed by atoms with Gasteiger partial charge in [-0.2, -0.15) is 5.10 Å². The van der Waals surface area contributed by atoms with Gasteiger partial charge in [-0.15, -0.1) is 0 Å². The number of aryl methyl sites for hydroxylation is 1. The third-order valence-electron chi connectivity index (χ3n) is 2.83. The highest BCUT2D eigenvalue weighted by atomic mass is 35.5. The molecule has 0 saturated heterocycles. The van der Waals surface area contributed by atoms with E-state index in [0.29, 0.717) is 17.4 Å². The second-order valence-corrected chi connectivity index (χ2v) is 4.25. The monoisotopic (exact) mass is 212 g/mol. The van der Waals surface area contributed by atoms with Crippen LogP contribution in [0.3, 0.4) is 0 Å². The zero-order chi connectivity index (χ0) is 10.1. The largest absolute Gasteiger partial charge is 0.303 e. The molecule has 1 fully saturated rings. The highest BCUT2D eigenvalue weighted by Crippen LogP contribution is 2.45. The Kier molecular flexibility index (Phi) is 2.59. The highest BCUT2D eigenvalue weighted by Gasteiger charge is 2.34. The van der Waals surface area contributed by atoms with E-state index in [4.69, 9.17) is 11.6 Å². The molecule has 1 atom stereocenters. The molecule has 1 unspecified atom stereocenters. The molecule has 0 aliphatic heterocycles. The maximum absolute atomic E-state index is 10.6. The molecule has 1 saturated carbocycles. The van der Waals surface area contributed by atoms with Crippen molar-refractivity contribution in [3.63, 3.8) is 0 Å². The van der Waals surface area contributed by atoms with Crippen LogP contribution in [0, 0.1) is 5.92 Å². The van der Waals surface area contributed by atoms with Crippen LogP contribution in [0.5, 0.6) is 0 Å². The minimum absolute atomic E-state index is 0.271. The SMILES string of the molecule is Cn1ncc(Cl)c1C(CC=O)C1CC1. The molecule has 1 aromatic rings. The van der Waals surface area contributed by atoms with Crippen LogP contribution in [0.25, 0.3) is 0 Å². The van der Waals surface area contributed by atoms with E-state index in [1.807, 2.05) is 7.05 Å². The number of aromatic nitrogens is 2. The first-order chi connectivity index (χ1) is 6.74. The zero-order valence-corrected chi connectivity index (χ0v) is 8.87. The molecular weight excluding hydrogens is 200 g/mol. The Labute approximate surface area is 88.1 Å². The summed E-state index contributed by atoms with van der Waals surface area (Å²) < 4.78 is 1.79. The van der Waals surface area contributed by atoms with E-state index >= 15 is 0 Å². The minimum Gasteiger partial charge on any atom is -0.303 e. The van der Waals surface area contributed by atoms with E-state index in [1.54, 1.807) is 10.9 Å². The van der Waals surface area contributed by atoms with Crippen LogP contribution in [0.15, 0.2) is 6.20 Å². The van der Waals surface area contributed by atoms with Crippen molar-refractivity contribution in [3.05, 3.63) is 16.9 Å². The molecule has 1 aliphatic carbocycles. The second kappa shape index (κ2) is 3.73. The summed E-state index contributed by atoms with van der Waals surface area (Å²) in [5.74, 6) is 0.903. The minimum atomic E-state index is 0.271.